The topological polar surface area (TPSA) is 43.8 Å². The summed E-state index contributed by atoms with van der Waals surface area (Å²) in [4.78, 5) is 0. The van der Waals surface area contributed by atoms with Crippen molar-refractivity contribution in [3.8, 4) is 0 Å². The van der Waals surface area contributed by atoms with Crippen LogP contribution in [0.25, 0.3) is 0 Å². The van der Waals surface area contributed by atoms with Gasteiger partial charge in [-0.2, -0.15) is 5.10 Å². The van der Waals surface area contributed by atoms with E-state index in [1.54, 1.807) is 13.0 Å². The fourth-order valence-corrected chi connectivity index (χ4v) is 3.10. The van der Waals surface area contributed by atoms with Crippen molar-refractivity contribution in [1.82, 2.24) is 9.78 Å². The van der Waals surface area contributed by atoms with Gasteiger partial charge in [-0.1, -0.05) is 19.1 Å². The molecule has 0 amide bonds. The van der Waals surface area contributed by atoms with E-state index in [1.165, 1.54) is 6.07 Å². The maximum Gasteiger partial charge on any atom is 0.126 e. The third kappa shape index (κ3) is 3.35. The van der Waals surface area contributed by atoms with E-state index >= 15 is 0 Å². The number of rotatable bonds is 5. The summed E-state index contributed by atoms with van der Waals surface area (Å²) in [6.07, 6.45) is 1.50. The van der Waals surface area contributed by atoms with Crippen LogP contribution in [0.15, 0.2) is 22.7 Å². The zero-order chi connectivity index (χ0) is 15.6. The molecule has 0 fully saturated rings. The minimum absolute atomic E-state index is 0.208. The van der Waals surface area contributed by atoms with Crippen LogP contribution in [0.1, 0.15) is 42.4 Å². The highest BCUT2D eigenvalue weighted by molar-refractivity contribution is 9.10. The first-order valence-electron chi connectivity index (χ1n) is 7.23. The van der Waals surface area contributed by atoms with Gasteiger partial charge in [0.1, 0.15) is 5.82 Å². The highest BCUT2D eigenvalue weighted by Crippen LogP contribution is 2.27. The average molecular weight is 354 g/mol. The van der Waals surface area contributed by atoms with Gasteiger partial charge in [0.25, 0.3) is 0 Å². The fraction of sp³-hybridized carbons (Fsp3) is 0.438. The summed E-state index contributed by atoms with van der Waals surface area (Å²) in [7, 11) is 0. The molecule has 0 aliphatic carbocycles. The predicted octanol–water partition coefficient (Wildman–Crippen LogP) is 3.92. The summed E-state index contributed by atoms with van der Waals surface area (Å²) >= 11 is 3.62. The minimum Gasteiger partial charge on any atom is -0.324 e. The van der Waals surface area contributed by atoms with Gasteiger partial charge in [0, 0.05) is 19.0 Å². The van der Waals surface area contributed by atoms with Crippen molar-refractivity contribution in [3.05, 3.63) is 51.0 Å². The molecule has 0 saturated heterocycles. The molecule has 2 N–H and O–H groups in total. The first kappa shape index (κ1) is 16.2. The van der Waals surface area contributed by atoms with Crippen LogP contribution in [0.4, 0.5) is 4.39 Å². The number of hydrogen-bond acceptors (Lipinski definition) is 2. The van der Waals surface area contributed by atoms with Crippen molar-refractivity contribution < 1.29 is 4.39 Å². The number of benzene rings is 1. The zero-order valence-corrected chi connectivity index (χ0v) is 14.2. The molecular formula is C16H21BrFN3. The molecule has 114 valence electrons. The summed E-state index contributed by atoms with van der Waals surface area (Å²) in [5, 5.41) is 4.57. The van der Waals surface area contributed by atoms with Crippen molar-refractivity contribution in [2.45, 2.75) is 46.2 Å². The van der Waals surface area contributed by atoms with E-state index in [0.29, 0.717) is 12.0 Å². The number of nitrogens with two attached hydrogens (primary N) is 1. The number of nitrogens with zero attached hydrogens (tertiary/aromatic N) is 2. The van der Waals surface area contributed by atoms with Crippen molar-refractivity contribution in [1.29, 1.82) is 0 Å². The Balaban J connectivity index is 2.28. The second-order valence-corrected chi connectivity index (χ2v) is 5.99. The maximum atomic E-state index is 13.7. The van der Waals surface area contributed by atoms with E-state index in [2.05, 4.69) is 34.9 Å². The molecule has 5 heteroatoms. The van der Waals surface area contributed by atoms with Gasteiger partial charge in [0.15, 0.2) is 0 Å². The van der Waals surface area contributed by atoms with Crippen LogP contribution in [-0.4, -0.2) is 9.78 Å². The lowest BCUT2D eigenvalue weighted by atomic mass is 10.0. The third-order valence-electron chi connectivity index (χ3n) is 3.73. The van der Waals surface area contributed by atoms with Gasteiger partial charge in [-0.25, -0.2) is 4.39 Å². The number of hydrogen-bond donors (Lipinski definition) is 1. The molecule has 1 unspecified atom stereocenters. The highest BCUT2D eigenvalue weighted by Gasteiger charge is 2.18. The predicted molar refractivity (Wildman–Crippen MR) is 86.7 cm³/mol. The molecule has 0 aliphatic rings. The van der Waals surface area contributed by atoms with Crippen LogP contribution in [0.2, 0.25) is 0 Å². The lowest BCUT2D eigenvalue weighted by molar-refractivity contribution is 0.578. The number of aromatic nitrogens is 2. The number of aryl methyl sites for hydroxylation is 3. The Morgan fingerprint density at radius 3 is 2.67 bits per heavy atom. The molecule has 21 heavy (non-hydrogen) atoms. The van der Waals surface area contributed by atoms with E-state index in [9.17, 15) is 4.39 Å². The van der Waals surface area contributed by atoms with Crippen molar-refractivity contribution in [3.63, 3.8) is 0 Å². The smallest absolute Gasteiger partial charge is 0.126 e. The van der Waals surface area contributed by atoms with Gasteiger partial charge in [0.05, 0.1) is 15.9 Å². The van der Waals surface area contributed by atoms with Crippen LogP contribution in [-0.2, 0) is 19.4 Å². The summed E-state index contributed by atoms with van der Waals surface area (Å²) in [6, 6.07) is 4.95. The lowest BCUT2D eigenvalue weighted by Crippen LogP contribution is -2.16. The second kappa shape index (κ2) is 6.71. The molecule has 0 saturated carbocycles. The van der Waals surface area contributed by atoms with Gasteiger partial charge in [-0.3, -0.25) is 4.68 Å². The van der Waals surface area contributed by atoms with E-state index in [1.807, 2.05) is 10.7 Å². The minimum atomic E-state index is -0.247. The molecule has 1 aromatic carbocycles. The normalized spacial score (nSPS) is 12.7. The van der Waals surface area contributed by atoms with Crippen molar-refractivity contribution in [2.75, 3.05) is 0 Å². The number of halogens is 2. The maximum absolute atomic E-state index is 13.7. The molecule has 0 radical (unpaired) electrons. The van der Waals surface area contributed by atoms with Crippen LogP contribution < -0.4 is 5.73 Å². The Morgan fingerprint density at radius 1 is 1.38 bits per heavy atom. The van der Waals surface area contributed by atoms with E-state index in [0.717, 1.165) is 34.4 Å². The Morgan fingerprint density at radius 2 is 2.10 bits per heavy atom. The molecule has 2 rings (SSSR count). The monoisotopic (exact) mass is 353 g/mol. The molecule has 1 heterocycles. The average Bonchev–Trinajstić information content (AvgIpc) is 2.78. The first-order chi connectivity index (χ1) is 9.97. The Kier molecular flexibility index (Phi) is 5.17. The highest BCUT2D eigenvalue weighted by atomic mass is 79.9. The SMILES string of the molecule is CCc1nn(CC)c(CC(N)c2ccc(C)c(F)c2)c1Br. The van der Waals surface area contributed by atoms with E-state index in [-0.39, 0.29) is 11.9 Å². The fourth-order valence-electron chi connectivity index (χ4n) is 2.38. The zero-order valence-electron chi connectivity index (χ0n) is 12.7. The van der Waals surface area contributed by atoms with E-state index in [4.69, 9.17) is 5.73 Å². The molecule has 0 bridgehead atoms. The van der Waals surface area contributed by atoms with Crippen LogP contribution in [0.3, 0.4) is 0 Å². The van der Waals surface area contributed by atoms with Gasteiger partial charge in [-0.15, -0.1) is 0 Å². The second-order valence-electron chi connectivity index (χ2n) is 5.20. The van der Waals surface area contributed by atoms with E-state index < -0.39 is 0 Å². The lowest BCUT2D eigenvalue weighted by Gasteiger charge is -2.14. The summed E-state index contributed by atoms with van der Waals surface area (Å²) in [5.41, 5.74) is 9.82. The molecule has 0 aliphatic heterocycles. The molecule has 2 aromatic rings. The molecular weight excluding hydrogens is 333 g/mol. The quantitative estimate of drug-likeness (QED) is 0.885. The van der Waals surface area contributed by atoms with Crippen LogP contribution >= 0.6 is 15.9 Å². The van der Waals surface area contributed by atoms with Crippen molar-refractivity contribution in [2.24, 2.45) is 5.73 Å². The molecule has 0 spiro atoms. The summed E-state index contributed by atoms with van der Waals surface area (Å²) < 4.78 is 16.7. The third-order valence-corrected chi connectivity index (χ3v) is 4.65. The Bertz CT molecular complexity index is 637. The largest absolute Gasteiger partial charge is 0.324 e. The molecule has 3 nitrogen and oxygen atoms in total. The van der Waals surface area contributed by atoms with Gasteiger partial charge >= 0.3 is 0 Å². The molecule has 1 atom stereocenters. The summed E-state index contributed by atoms with van der Waals surface area (Å²) in [6.45, 7) is 6.68. The first-order valence-corrected chi connectivity index (χ1v) is 8.02. The Labute approximate surface area is 133 Å². The standard InChI is InChI=1S/C16H21BrFN3/c1-4-14-16(17)15(21(5-2)20-14)9-13(19)11-7-6-10(3)12(18)8-11/h6-8,13H,4-5,9,19H2,1-3H3. The van der Waals surface area contributed by atoms with Gasteiger partial charge < -0.3 is 5.73 Å². The van der Waals surface area contributed by atoms with Crippen molar-refractivity contribution >= 4 is 15.9 Å². The summed E-state index contributed by atoms with van der Waals surface area (Å²) in [5.74, 6) is -0.208. The van der Waals surface area contributed by atoms with Gasteiger partial charge in [-0.05, 0) is 53.4 Å². The Hall–Kier alpha value is -1.20. The molecule has 1 aromatic heterocycles. The van der Waals surface area contributed by atoms with Gasteiger partial charge in [0.2, 0.25) is 0 Å². The van der Waals surface area contributed by atoms with Crippen LogP contribution in [0.5, 0.6) is 0 Å². The van der Waals surface area contributed by atoms with Crippen LogP contribution in [0, 0.1) is 12.7 Å².